The van der Waals surface area contributed by atoms with E-state index in [0.717, 1.165) is 5.75 Å². The van der Waals surface area contributed by atoms with Crippen LogP contribution in [-0.4, -0.2) is 33.0 Å². The Morgan fingerprint density at radius 1 is 1.25 bits per heavy atom. The molecule has 3 rings (SSSR count). The number of amides is 1. The van der Waals surface area contributed by atoms with Crippen molar-refractivity contribution in [2.75, 3.05) is 17.7 Å². The summed E-state index contributed by atoms with van der Waals surface area (Å²) in [7, 11) is 1.80. The number of thioether (sulfide) groups is 1. The second-order valence-corrected chi connectivity index (χ2v) is 7.29. The fraction of sp³-hybridized carbons (Fsp3) is 0.211. The van der Waals surface area contributed by atoms with E-state index in [1.54, 1.807) is 11.6 Å². The number of carbonyl (C=O) groups excluding carboxylic acids is 1. The number of anilines is 1. The predicted octanol–water partition coefficient (Wildman–Crippen LogP) is 3.96. The van der Waals surface area contributed by atoms with E-state index in [-0.39, 0.29) is 17.4 Å². The molecule has 1 heterocycles. The van der Waals surface area contributed by atoms with Crippen LogP contribution in [0.25, 0.3) is 0 Å². The average molecular weight is 421 g/mol. The van der Waals surface area contributed by atoms with Crippen LogP contribution >= 0.6 is 23.4 Å². The van der Waals surface area contributed by atoms with Crippen molar-refractivity contribution in [1.82, 2.24) is 14.8 Å². The number of nitrogens with zero attached hydrogens (tertiary/aromatic N) is 3. The molecule has 0 atom stereocenters. The van der Waals surface area contributed by atoms with Crippen molar-refractivity contribution in [2.24, 2.45) is 7.05 Å². The van der Waals surface area contributed by atoms with E-state index in [2.05, 4.69) is 15.5 Å². The fourth-order valence-electron chi connectivity index (χ4n) is 2.36. The SMILES string of the molecule is Cn1c(CC(=O)Nc2ccc(F)c(Cl)c2)nnc1SCCOc1ccccc1. The molecule has 0 spiro atoms. The van der Waals surface area contributed by atoms with E-state index in [1.807, 2.05) is 30.3 Å². The summed E-state index contributed by atoms with van der Waals surface area (Å²) in [6, 6.07) is 13.6. The zero-order valence-electron chi connectivity index (χ0n) is 15.1. The summed E-state index contributed by atoms with van der Waals surface area (Å²) in [5, 5.41) is 11.5. The average Bonchev–Trinajstić information content (AvgIpc) is 3.02. The van der Waals surface area contributed by atoms with Crippen LogP contribution in [0.3, 0.4) is 0 Å². The van der Waals surface area contributed by atoms with Gasteiger partial charge in [0.1, 0.15) is 17.4 Å². The lowest BCUT2D eigenvalue weighted by Crippen LogP contribution is -2.17. The summed E-state index contributed by atoms with van der Waals surface area (Å²) in [6.07, 6.45) is 0.0412. The largest absolute Gasteiger partial charge is 0.493 e. The highest BCUT2D eigenvalue weighted by Gasteiger charge is 2.14. The van der Waals surface area contributed by atoms with Crippen LogP contribution in [0.15, 0.2) is 53.7 Å². The molecule has 9 heteroatoms. The van der Waals surface area contributed by atoms with E-state index < -0.39 is 5.82 Å². The summed E-state index contributed by atoms with van der Waals surface area (Å²) in [5.74, 6) is 1.21. The number of ether oxygens (including phenoxy) is 1. The van der Waals surface area contributed by atoms with Gasteiger partial charge in [-0.15, -0.1) is 10.2 Å². The van der Waals surface area contributed by atoms with Gasteiger partial charge in [0.05, 0.1) is 18.1 Å². The Morgan fingerprint density at radius 3 is 2.79 bits per heavy atom. The second-order valence-electron chi connectivity index (χ2n) is 5.82. The first-order valence-electron chi connectivity index (χ1n) is 8.47. The molecule has 146 valence electrons. The minimum atomic E-state index is -0.536. The Bertz CT molecular complexity index is 952. The van der Waals surface area contributed by atoms with Gasteiger partial charge in [0.25, 0.3) is 0 Å². The van der Waals surface area contributed by atoms with Crippen LogP contribution in [0, 0.1) is 5.82 Å². The Kier molecular flexibility index (Phi) is 6.89. The van der Waals surface area contributed by atoms with Crippen LogP contribution in [0.5, 0.6) is 5.75 Å². The maximum absolute atomic E-state index is 13.2. The standard InChI is InChI=1S/C19H18ClFN4O2S/c1-25-17(12-18(26)22-13-7-8-16(21)15(20)11-13)23-24-19(25)28-10-9-27-14-5-3-2-4-6-14/h2-8,11H,9-10,12H2,1H3,(H,22,26). The number of rotatable bonds is 8. The number of hydrogen-bond donors (Lipinski definition) is 1. The Balaban J connectivity index is 1.49. The number of carbonyl (C=O) groups is 1. The van der Waals surface area contributed by atoms with Gasteiger partial charge in [-0.2, -0.15) is 0 Å². The molecule has 0 fully saturated rings. The van der Waals surface area contributed by atoms with Crippen LogP contribution in [0.2, 0.25) is 5.02 Å². The van der Waals surface area contributed by atoms with Crippen LogP contribution < -0.4 is 10.1 Å². The molecular formula is C19H18ClFN4O2S. The normalized spacial score (nSPS) is 10.7. The molecule has 0 radical (unpaired) electrons. The van der Waals surface area contributed by atoms with Crippen molar-refractivity contribution in [3.63, 3.8) is 0 Å². The maximum Gasteiger partial charge on any atom is 0.232 e. The smallest absolute Gasteiger partial charge is 0.232 e. The van der Waals surface area contributed by atoms with Gasteiger partial charge >= 0.3 is 0 Å². The Hall–Kier alpha value is -2.58. The summed E-state index contributed by atoms with van der Waals surface area (Å²) in [4.78, 5) is 12.2. The molecule has 0 aliphatic rings. The lowest BCUT2D eigenvalue weighted by Gasteiger charge is -2.07. The molecular weight excluding hydrogens is 403 g/mol. The first-order valence-corrected chi connectivity index (χ1v) is 9.83. The third-order valence-electron chi connectivity index (χ3n) is 3.77. The molecule has 0 saturated heterocycles. The molecule has 1 amide bonds. The Labute approximate surface area is 171 Å². The molecule has 28 heavy (non-hydrogen) atoms. The van der Waals surface area contributed by atoms with E-state index in [9.17, 15) is 9.18 Å². The van der Waals surface area contributed by atoms with E-state index in [1.165, 1.54) is 30.0 Å². The van der Waals surface area contributed by atoms with E-state index in [0.29, 0.717) is 29.0 Å². The molecule has 0 unspecified atom stereocenters. The van der Waals surface area contributed by atoms with Crippen LogP contribution in [0.1, 0.15) is 5.82 Å². The number of para-hydroxylation sites is 1. The molecule has 6 nitrogen and oxygen atoms in total. The number of nitrogens with one attached hydrogen (secondary N) is 1. The molecule has 2 aromatic carbocycles. The second kappa shape index (κ2) is 9.57. The van der Waals surface area contributed by atoms with Gasteiger partial charge in [0, 0.05) is 18.5 Å². The zero-order valence-corrected chi connectivity index (χ0v) is 16.6. The highest BCUT2D eigenvalue weighted by molar-refractivity contribution is 7.99. The van der Waals surface area contributed by atoms with E-state index in [4.69, 9.17) is 16.3 Å². The third kappa shape index (κ3) is 5.46. The van der Waals surface area contributed by atoms with Gasteiger partial charge in [-0.25, -0.2) is 4.39 Å². The van der Waals surface area contributed by atoms with Gasteiger partial charge in [-0.1, -0.05) is 41.6 Å². The van der Waals surface area contributed by atoms with E-state index >= 15 is 0 Å². The summed E-state index contributed by atoms with van der Waals surface area (Å²) in [5.41, 5.74) is 0.422. The highest BCUT2D eigenvalue weighted by atomic mass is 35.5. The third-order valence-corrected chi connectivity index (χ3v) is 5.05. The van der Waals surface area contributed by atoms with Crippen molar-refractivity contribution in [3.05, 3.63) is 65.2 Å². The predicted molar refractivity (Wildman–Crippen MR) is 107 cm³/mol. The monoisotopic (exact) mass is 420 g/mol. The molecule has 1 aromatic heterocycles. The number of halogens is 2. The van der Waals surface area contributed by atoms with Crippen molar-refractivity contribution >= 4 is 35.0 Å². The van der Waals surface area contributed by atoms with Crippen molar-refractivity contribution in [2.45, 2.75) is 11.6 Å². The minimum Gasteiger partial charge on any atom is -0.493 e. The van der Waals surface area contributed by atoms with Gasteiger partial charge < -0.3 is 14.6 Å². The molecule has 0 aliphatic heterocycles. The quantitative estimate of drug-likeness (QED) is 0.441. The lowest BCUT2D eigenvalue weighted by molar-refractivity contribution is -0.115. The van der Waals surface area contributed by atoms with Gasteiger partial charge in [0.2, 0.25) is 5.91 Å². The Morgan fingerprint density at radius 2 is 2.04 bits per heavy atom. The number of benzene rings is 2. The maximum atomic E-state index is 13.2. The summed E-state index contributed by atoms with van der Waals surface area (Å²) >= 11 is 7.22. The van der Waals surface area contributed by atoms with Crippen LogP contribution in [0.4, 0.5) is 10.1 Å². The van der Waals surface area contributed by atoms with Crippen molar-refractivity contribution in [3.8, 4) is 5.75 Å². The first-order chi connectivity index (χ1) is 13.5. The number of hydrogen-bond acceptors (Lipinski definition) is 5. The molecule has 0 saturated carbocycles. The van der Waals surface area contributed by atoms with Gasteiger partial charge in [-0.3, -0.25) is 4.79 Å². The molecule has 1 N–H and O–H groups in total. The molecule has 0 bridgehead atoms. The molecule has 0 aliphatic carbocycles. The number of aromatic nitrogens is 3. The topological polar surface area (TPSA) is 69.0 Å². The van der Waals surface area contributed by atoms with Gasteiger partial charge in [-0.05, 0) is 30.3 Å². The molecule has 3 aromatic rings. The zero-order chi connectivity index (χ0) is 19.9. The van der Waals surface area contributed by atoms with Gasteiger partial charge in [0.15, 0.2) is 5.16 Å². The van der Waals surface area contributed by atoms with Crippen molar-refractivity contribution < 1.29 is 13.9 Å². The summed E-state index contributed by atoms with van der Waals surface area (Å²) < 4.78 is 20.6. The van der Waals surface area contributed by atoms with Crippen molar-refractivity contribution in [1.29, 1.82) is 0 Å². The summed E-state index contributed by atoms with van der Waals surface area (Å²) in [6.45, 7) is 0.530. The lowest BCUT2D eigenvalue weighted by atomic mass is 10.3. The van der Waals surface area contributed by atoms with Crippen LogP contribution in [-0.2, 0) is 18.3 Å². The first kappa shape index (κ1) is 20.2. The fourth-order valence-corrected chi connectivity index (χ4v) is 3.28. The highest BCUT2D eigenvalue weighted by Crippen LogP contribution is 2.20. The minimum absolute atomic E-state index is 0.0412.